The number of nitrogens with one attached hydrogen (secondary N) is 1. The van der Waals surface area contributed by atoms with Gasteiger partial charge >= 0.3 is 0 Å². The number of rotatable bonds is 4. The number of aromatic nitrogens is 3. The van der Waals surface area contributed by atoms with Gasteiger partial charge in [-0.15, -0.1) is 5.10 Å². The molecule has 1 aromatic heterocycles. The number of nitrogens with zero attached hydrogens (tertiary/aromatic N) is 3. The van der Waals surface area contributed by atoms with Crippen molar-refractivity contribution < 1.29 is 4.79 Å². The molecule has 1 aromatic carbocycles. The minimum absolute atomic E-state index is 0.0514. The molecule has 0 spiro atoms. The van der Waals surface area contributed by atoms with Crippen molar-refractivity contribution in [3.05, 3.63) is 39.6 Å². The molecule has 19 heavy (non-hydrogen) atoms. The minimum atomic E-state index is -0.242. The quantitative estimate of drug-likeness (QED) is 0.885. The first-order chi connectivity index (χ1) is 9.08. The molecule has 0 fully saturated rings. The zero-order chi connectivity index (χ0) is 13.8. The molecule has 2 rings (SSSR count). The Morgan fingerprint density at radius 1 is 1.53 bits per heavy atom. The second-order valence-electron chi connectivity index (χ2n) is 3.78. The fraction of sp³-hybridized carbons (Fsp3) is 0.182. The number of carbonyl (C=O) groups excluding carboxylic acids is 1. The Balaban J connectivity index is 2.03. The van der Waals surface area contributed by atoms with Crippen LogP contribution in [-0.4, -0.2) is 20.9 Å². The van der Waals surface area contributed by atoms with Gasteiger partial charge < -0.3 is 11.1 Å². The van der Waals surface area contributed by atoms with Crippen molar-refractivity contribution in [1.29, 1.82) is 0 Å². The largest absolute Gasteiger partial charge is 0.325 e. The molecule has 0 aliphatic rings. The Labute approximate surface area is 123 Å². The second-order valence-corrected chi connectivity index (χ2v) is 5.11. The maximum absolute atomic E-state index is 11.8. The van der Waals surface area contributed by atoms with Gasteiger partial charge in [0.15, 0.2) is 0 Å². The van der Waals surface area contributed by atoms with Gasteiger partial charge in [0.1, 0.15) is 6.54 Å². The van der Waals surface area contributed by atoms with Crippen LogP contribution in [0.25, 0.3) is 0 Å². The first-order valence-corrected chi connectivity index (χ1v) is 6.59. The molecule has 6 nitrogen and oxygen atoms in total. The van der Waals surface area contributed by atoms with E-state index in [1.54, 1.807) is 24.4 Å². The number of amides is 1. The lowest BCUT2D eigenvalue weighted by atomic mass is 10.3. The number of halogens is 2. The van der Waals surface area contributed by atoms with Crippen molar-refractivity contribution in [3.63, 3.8) is 0 Å². The molecule has 3 N–H and O–H groups in total. The zero-order valence-electron chi connectivity index (χ0n) is 9.81. The highest BCUT2D eigenvalue weighted by Crippen LogP contribution is 2.25. The van der Waals surface area contributed by atoms with E-state index in [4.69, 9.17) is 17.3 Å². The summed E-state index contributed by atoms with van der Waals surface area (Å²) in [6.07, 6.45) is 1.63. The van der Waals surface area contributed by atoms with Gasteiger partial charge in [0, 0.05) is 11.0 Å². The van der Waals surface area contributed by atoms with Crippen molar-refractivity contribution in [1.82, 2.24) is 15.0 Å². The van der Waals surface area contributed by atoms with Gasteiger partial charge in [0.25, 0.3) is 0 Å². The average molecular weight is 345 g/mol. The number of hydrogen-bond donors (Lipinski definition) is 2. The molecule has 2 aromatic rings. The second kappa shape index (κ2) is 6.14. The lowest BCUT2D eigenvalue weighted by Gasteiger charge is -2.07. The van der Waals surface area contributed by atoms with E-state index in [1.165, 1.54) is 4.68 Å². The summed E-state index contributed by atoms with van der Waals surface area (Å²) in [6, 6.07) is 5.22. The van der Waals surface area contributed by atoms with Crippen LogP contribution in [-0.2, 0) is 17.9 Å². The monoisotopic (exact) mass is 343 g/mol. The summed E-state index contributed by atoms with van der Waals surface area (Å²) in [5.74, 6) is -0.242. The highest BCUT2D eigenvalue weighted by atomic mass is 79.9. The molecule has 0 radical (unpaired) electrons. The third kappa shape index (κ3) is 3.76. The number of carbonyl (C=O) groups is 1. The summed E-state index contributed by atoms with van der Waals surface area (Å²) < 4.78 is 2.25. The van der Waals surface area contributed by atoms with Crippen LogP contribution in [0.3, 0.4) is 0 Å². The molecule has 0 aliphatic heterocycles. The van der Waals surface area contributed by atoms with Gasteiger partial charge in [-0.05, 0) is 18.2 Å². The molecular formula is C11H11BrClN5O. The van der Waals surface area contributed by atoms with Crippen LogP contribution in [0.2, 0.25) is 5.02 Å². The molecule has 0 bridgehead atoms. The molecule has 0 aliphatic carbocycles. The molecule has 1 amide bonds. The number of anilines is 1. The number of benzene rings is 1. The summed E-state index contributed by atoms with van der Waals surface area (Å²) >= 11 is 9.30. The van der Waals surface area contributed by atoms with E-state index >= 15 is 0 Å². The molecule has 0 saturated heterocycles. The molecule has 0 unspecified atom stereocenters. The molecule has 0 atom stereocenters. The van der Waals surface area contributed by atoms with E-state index < -0.39 is 0 Å². The van der Waals surface area contributed by atoms with Gasteiger partial charge in [0.05, 0.1) is 22.6 Å². The summed E-state index contributed by atoms with van der Waals surface area (Å²) in [7, 11) is 0. The summed E-state index contributed by atoms with van der Waals surface area (Å²) in [6.45, 7) is 0.342. The van der Waals surface area contributed by atoms with Crippen LogP contribution < -0.4 is 11.1 Å². The van der Waals surface area contributed by atoms with Crippen molar-refractivity contribution in [2.45, 2.75) is 13.1 Å². The van der Waals surface area contributed by atoms with Gasteiger partial charge in [-0.25, -0.2) is 4.68 Å². The van der Waals surface area contributed by atoms with E-state index in [0.29, 0.717) is 22.9 Å². The van der Waals surface area contributed by atoms with Gasteiger partial charge in [-0.3, -0.25) is 4.79 Å². The summed E-state index contributed by atoms with van der Waals surface area (Å²) in [5.41, 5.74) is 6.59. The first kappa shape index (κ1) is 14.0. The number of nitrogens with two attached hydrogens (primary N) is 1. The highest BCUT2D eigenvalue weighted by Gasteiger charge is 2.08. The van der Waals surface area contributed by atoms with Crippen LogP contribution in [0, 0.1) is 0 Å². The van der Waals surface area contributed by atoms with E-state index in [0.717, 1.165) is 4.47 Å². The van der Waals surface area contributed by atoms with E-state index in [2.05, 4.69) is 31.6 Å². The van der Waals surface area contributed by atoms with Crippen LogP contribution in [0.1, 0.15) is 5.69 Å². The Bertz CT molecular complexity index is 601. The van der Waals surface area contributed by atoms with Crippen LogP contribution in [0.4, 0.5) is 5.69 Å². The smallest absolute Gasteiger partial charge is 0.246 e. The fourth-order valence-corrected chi connectivity index (χ4v) is 1.97. The van der Waals surface area contributed by atoms with Gasteiger partial charge in [-0.1, -0.05) is 32.7 Å². The van der Waals surface area contributed by atoms with Crippen molar-refractivity contribution in [2.75, 3.05) is 5.32 Å². The molecular weight excluding hydrogens is 334 g/mol. The fourth-order valence-electron chi connectivity index (χ4n) is 1.44. The van der Waals surface area contributed by atoms with Crippen molar-refractivity contribution in [3.8, 4) is 0 Å². The molecule has 0 saturated carbocycles. The van der Waals surface area contributed by atoms with Crippen LogP contribution in [0.15, 0.2) is 28.9 Å². The normalized spacial score (nSPS) is 10.5. The summed E-state index contributed by atoms with van der Waals surface area (Å²) in [5, 5.41) is 10.8. The molecule has 1 heterocycles. The van der Waals surface area contributed by atoms with Crippen LogP contribution in [0.5, 0.6) is 0 Å². The van der Waals surface area contributed by atoms with E-state index in [-0.39, 0.29) is 12.5 Å². The Morgan fingerprint density at radius 2 is 2.32 bits per heavy atom. The lowest BCUT2D eigenvalue weighted by molar-refractivity contribution is -0.116. The van der Waals surface area contributed by atoms with E-state index in [1.807, 2.05) is 0 Å². The predicted molar refractivity (Wildman–Crippen MR) is 75.7 cm³/mol. The Morgan fingerprint density at radius 3 is 3.00 bits per heavy atom. The Kier molecular flexibility index (Phi) is 4.52. The van der Waals surface area contributed by atoms with Crippen molar-refractivity contribution in [2.24, 2.45) is 5.73 Å². The Hall–Kier alpha value is -1.44. The summed E-state index contributed by atoms with van der Waals surface area (Å²) in [4.78, 5) is 11.8. The topological polar surface area (TPSA) is 85.8 Å². The maximum Gasteiger partial charge on any atom is 0.246 e. The highest BCUT2D eigenvalue weighted by molar-refractivity contribution is 9.10. The van der Waals surface area contributed by atoms with E-state index in [9.17, 15) is 4.79 Å². The number of hydrogen-bond acceptors (Lipinski definition) is 4. The predicted octanol–water partition coefficient (Wildman–Crippen LogP) is 1.79. The molecule has 100 valence electrons. The average Bonchev–Trinajstić information content (AvgIpc) is 2.81. The van der Waals surface area contributed by atoms with Gasteiger partial charge in [-0.2, -0.15) is 0 Å². The zero-order valence-corrected chi connectivity index (χ0v) is 12.1. The van der Waals surface area contributed by atoms with Crippen LogP contribution >= 0.6 is 27.5 Å². The third-order valence-corrected chi connectivity index (χ3v) is 3.13. The SMILES string of the molecule is NCc1cn(CC(=O)Nc2cc(Br)ccc2Cl)nn1. The standard InChI is InChI=1S/C11H11BrClN5O/c12-7-1-2-9(13)10(3-7)15-11(19)6-18-5-8(4-14)16-17-18/h1-3,5H,4,6,14H2,(H,15,19). The molecule has 8 heteroatoms. The maximum atomic E-state index is 11.8. The first-order valence-electron chi connectivity index (χ1n) is 5.42. The van der Waals surface area contributed by atoms with Crippen molar-refractivity contribution >= 4 is 39.1 Å². The lowest BCUT2D eigenvalue weighted by Crippen LogP contribution is -2.19. The third-order valence-electron chi connectivity index (χ3n) is 2.30. The minimum Gasteiger partial charge on any atom is -0.325 e. The van der Waals surface area contributed by atoms with Gasteiger partial charge in [0.2, 0.25) is 5.91 Å².